The van der Waals surface area contributed by atoms with Gasteiger partial charge in [-0.05, 0) is 0 Å². The summed E-state index contributed by atoms with van der Waals surface area (Å²) in [4.78, 5) is 0. The van der Waals surface area contributed by atoms with Crippen molar-refractivity contribution >= 4 is 20.4 Å². The van der Waals surface area contributed by atoms with Crippen LogP contribution in [0.2, 0.25) is 0 Å². The van der Waals surface area contributed by atoms with E-state index >= 15 is 0 Å². The Morgan fingerprint density at radius 1 is 1.00 bits per heavy atom. The van der Waals surface area contributed by atoms with E-state index in [2.05, 4.69) is 0 Å². The summed E-state index contributed by atoms with van der Waals surface area (Å²) in [7, 11) is 0. The minimum Gasteiger partial charge on any atom is 0 e. The van der Waals surface area contributed by atoms with E-state index in [0.29, 0.717) is 0 Å². The summed E-state index contributed by atoms with van der Waals surface area (Å²) in [6.07, 6.45) is 0. The van der Waals surface area contributed by atoms with Gasteiger partial charge in [0.1, 0.15) is 0 Å². The first kappa shape index (κ1) is 10.6. The van der Waals surface area contributed by atoms with Gasteiger partial charge >= 0.3 is 46.0 Å². The number of hydrogen-bond donors (Lipinski definition) is 0. The standard InChI is InChI=1S/3ClH.La.Zn/h3*1H;;/q;;;+3;/p-3. The number of hydrogen-bond acceptors (Lipinski definition) is 0. The zero-order valence-corrected chi connectivity index (χ0v) is 11.3. The Kier molecular flexibility index (Phi) is 14.2. The predicted octanol–water partition coefficient (Wildman–Crippen LogP) is 2.07. The van der Waals surface area contributed by atoms with Crippen LogP contribution in [0.1, 0.15) is 0 Å². The Balaban J connectivity index is 0. The molecule has 0 fully saturated rings. The van der Waals surface area contributed by atoms with Crippen LogP contribution in [0.3, 0.4) is 0 Å². The van der Waals surface area contributed by atoms with Gasteiger partial charge in [-0.25, -0.2) is 0 Å². The maximum atomic E-state index is 5.03. The van der Waals surface area contributed by atoms with Gasteiger partial charge in [0.15, 0.2) is 0 Å². The van der Waals surface area contributed by atoms with Gasteiger partial charge in [0.05, 0.1) is 0 Å². The molecule has 0 bridgehead atoms. The molecule has 0 aliphatic rings. The van der Waals surface area contributed by atoms with Crippen molar-refractivity contribution in [2.24, 2.45) is 0 Å². The zero-order chi connectivity index (χ0) is 3.58. The van der Waals surface area contributed by atoms with Crippen LogP contribution >= 0.6 is 20.4 Å². The van der Waals surface area contributed by atoms with Crippen LogP contribution in [0.15, 0.2) is 0 Å². The van der Waals surface area contributed by atoms with Gasteiger partial charge in [-0.15, -0.1) is 0 Å². The fourth-order valence-corrected chi connectivity index (χ4v) is 0. The van der Waals surface area contributed by atoms with Gasteiger partial charge in [0, 0.05) is 19.5 Å². The molecule has 0 N–H and O–H groups in total. The molecule has 0 rings (SSSR count). The molecule has 0 spiro atoms. The summed E-state index contributed by atoms with van der Waals surface area (Å²) in [6, 6.07) is 0. The molecule has 0 saturated carbocycles. The summed E-state index contributed by atoms with van der Waals surface area (Å²) in [5, 5.41) is 0. The molecule has 0 atom stereocenters. The molecule has 0 aromatic rings. The molecule has 0 aliphatic carbocycles. The molecule has 0 aromatic carbocycles. The normalized spacial score (nSPS) is 5.40. The van der Waals surface area contributed by atoms with Crippen molar-refractivity contribution in [2.45, 2.75) is 0 Å². The smallest absolute Gasteiger partial charge is 0 e. The first-order valence-electron chi connectivity index (χ1n) is 0.655. The first-order chi connectivity index (χ1) is 1.73. The van der Waals surface area contributed by atoms with E-state index in [1.54, 1.807) is 0 Å². The second-order valence-corrected chi connectivity index (χ2v) is 16.2. The van der Waals surface area contributed by atoms with Gasteiger partial charge in [-0.1, -0.05) is 0 Å². The fraction of sp³-hybridized carbons (Fsp3) is 0. The van der Waals surface area contributed by atoms with Crippen LogP contribution in [-0.2, 0) is 19.5 Å². The Hall–Kier alpha value is 2.69. The van der Waals surface area contributed by atoms with Crippen molar-refractivity contribution in [3.05, 3.63) is 0 Å². The summed E-state index contributed by atoms with van der Waals surface area (Å²) in [5.41, 5.74) is 0. The van der Waals surface area contributed by atoms with Crippen molar-refractivity contribution in [3.63, 3.8) is 0 Å². The summed E-state index contributed by atoms with van der Waals surface area (Å²) in [6.45, 7) is 15.1. The second-order valence-electron chi connectivity index (χ2n) is 0.247. The molecule has 0 unspecified atom stereocenters. The molecule has 5 heteroatoms. The molecule has 0 radical (unpaired) electrons. The molecule has 26 valence electrons. The van der Waals surface area contributed by atoms with E-state index in [4.69, 9.17) is 20.4 Å². The van der Waals surface area contributed by atoms with Crippen LogP contribution in [0.4, 0.5) is 0 Å². The van der Waals surface area contributed by atoms with E-state index in [9.17, 15) is 0 Å². The number of halogens is 3. The summed E-state index contributed by atoms with van der Waals surface area (Å²) < 4.78 is 0. The second kappa shape index (κ2) is 6.69. The fourth-order valence-electron chi connectivity index (χ4n) is 0. The van der Waals surface area contributed by atoms with Crippen molar-refractivity contribution in [3.8, 4) is 0 Å². The van der Waals surface area contributed by atoms with Crippen LogP contribution in [0, 0.1) is 25.7 Å². The molecule has 0 saturated heterocycles. The largest absolute Gasteiger partial charge is 0 e. The minimum absolute atomic E-state index is 0. The maximum absolute atomic E-state index is 5.03. The van der Waals surface area contributed by atoms with Gasteiger partial charge in [-0.3, -0.25) is 0 Å². The molecule has 0 heterocycles. The first-order valence-corrected chi connectivity index (χ1v) is 14.3. The van der Waals surface area contributed by atoms with Crippen molar-refractivity contribution in [1.82, 2.24) is 0 Å². The van der Waals surface area contributed by atoms with Crippen molar-refractivity contribution in [2.75, 3.05) is 0 Å². The predicted molar refractivity (Wildman–Crippen MR) is 17.6 cm³/mol. The Bertz CT molecular complexity index is 11.6. The van der Waals surface area contributed by atoms with E-state index in [1.165, 1.54) is 0 Å². The van der Waals surface area contributed by atoms with Gasteiger partial charge in [0.25, 0.3) is 0 Å². The molecule has 0 amide bonds. The van der Waals surface area contributed by atoms with Crippen LogP contribution in [0.5, 0.6) is 0 Å². The van der Waals surface area contributed by atoms with E-state index in [-0.39, 0.29) is 19.5 Å². The molecule has 0 nitrogen and oxygen atoms in total. The van der Waals surface area contributed by atoms with Crippen LogP contribution in [0.25, 0.3) is 0 Å². The van der Waals surface area contributed by atoms with E-state index < -0.39 is 25.7 Å². The van der Waals surface area contributed by atoms with Gasteiger partial charge < -0.3 is 0 Å². The molecule has 0 aliphatic heterocycles. The topological polar surface area (TPSA) is 0 Å². The third-order valence-corrected chi connectivity index (χ3v) is 0. The third kappa shape index (κ3) is 20.3. The maximum Gasteiger partial charge on any atom is 0 e. The minimum atomic E-state index is -2.31. The monoisotopic (exact) mass is 308 g/mol. The number of rotatable bonds is 0. The summed E-state index contributed by atoms with van der Waals surface area (Å²) in [5.74, 6) is 0. The molecular weight excluding hydrogens is 311 g/mol. The Labute approximate surface area is 64.0 Å². The average molecular weight is 311 g/mol. The van der Waals surface area contributed by atoms with Crippen LogP contribution < -0.4 is 0 Å². The molecule has 5 heavy (non-hydrogen) atoms. The van der Waals surface area contributed by atoms with Crippen LogP contribution in [-0.4, -0.2) is 0 Å². The quantitative estimate of drug-likeness (QED) is 0.601. The SMILES string of the molecule is [Cl][La]([Cl])[Cl].[Zn]. The van der Waals surface area contributed by atoms with Gasteiger partial charge in [0.2, 0.25) is 0 Å². The average Bonchev–Trinajstić information content (AvgIpc) is 0.811. The third-order valence-electron chi connectivity index (χ3n) is 0. The van der Waals surface area contributed by atoms with E-state index in [1.807, 2.05) is 0 Å². The molecular formula is Cl3LaZn. The van der Waals surface area contributed by atoms with Gasteiger partial charge in [-0.2, -0.15) is 0 Å². The van der Waals surface area contributed by atoms with Crippen molar-refractivity contribution in [1.29, 1.82) is 0 Å². The van der Waals surface area contributed by atoms with Crippen molar-refractivity contribution < 1.29 is 45.1 Å². The summed E-state index contributed by atoms with van der Waals surface area (Å²) >= 11 is -2.31. The molecule has 0 aromatic heterocycles. The van der Waals surface area contributed by atoms with E-state index in [0.717, 1.165) is 0 Å². The zero-order valence-electron chi connectivity index (χ0n) is 2.42. The Morgan fingerprint density at radius 2 is 1.00 bits per heavy atom. The Morgan fingerprint density at radius 3 is 1.00 bits per heavy atom.